The molecule has 4 heteroatoms. The third-order valence-corrected chi connectivity index (χ3v) is 4.09. The Labute approximate surface area is 150 Å². The van der Waals surface area contributed by atoms with Crippen molar-refractivity contribution in [2.75, 3.05) is 14.2 Å². The molecule has 4 nitrogen and oxygen atoms in total. The topological polar surface area (TPSA) is 47.6 Å². The molecule has 1 amide bonds. The van der Waals surface area contributed by atoms with Crippen LogP contribution in [0.25, 0.3) is 0 Å². The summed E-state index contributed by atoms with van der Waals surface area (Å²) in [5.74, 6) is 1.33. The van der Waals surface area contributed by atoms with Crippen molar-refractivity contribution in [3.63, 3.8) is 0 Å². The molecule has 2 aromatic rings. The Balaban J connectivity index is 1.95. The maximum atomic E-state index is 12.2. The molecule has 0 heterocycles. The summed E-state index contributed by atoms with van der Waals surface area (Å²) in [6.07, 6.45) is 0.285. The molecule has 0 saturated carbocycles. The quantitative estimate of drug-likeness (QED) is 0.868. The highest BCUT2D eigenvalue weighted by Crippen LogP contribution is 2.23. The zero-order chi connectivity index (χ0) is 18.4. The Kier molecular flexibility index (Phi) is 6.07. The number of carbonyl (C=O) groups excluding carboxylic acids is 1. The van der Waals surface area contributed by atoms with E-state index in [9.17, 15) is 4.79 Å². The van der Waals surface area contributed by atoms with Gasteiger partial charge in [0.05, 0.1) is 20.6 Å². The van der Waals surface area contributed by atoms with Gasteiger partial charge in [0, 0.05) is 12.6 Å². The Bertz CT molecular complexity index is 693. The number of hydrogen-bond acceptors (Lipinski definition) is 3. The standard InChI is InChI=1S/C21H27NO3/c1-21(2,3)17-8-6-15(7-9-17)14-22-20(23)12-16-10-18(24-4)13-19(11-16)25-5/h6-11,13H,12,14H2,1-5H3,(H,22,23). The predicted octanol–water partition coefficient (Wildman–Crippen LogP) is 3.86. The van der Waals surface area contributed by atoms with Crippen LogP contribution in [0, 0.1) is 0 Å². The van der Waals surface area contributed by atoms with E-state index in [0.717, 1.165) is 11.1 Å². The van der Waals surface area contributed by atoms with E-state index in [0.29, 0.717) is 18.0 Å². The van der Waals surface area contributed by atoms with Gasteiger partial charge in [-0.05, 0) is 34.2 Å². The average Bonchev–Trinajstić information content (AvgIpc) is 2.59. The zero-order valence-electron chi connectivity index (χ0n) is 15.7. The molecule has 1 N–H and O–H groups in total. The van der Waals surface area contributed by atoms with Gasteiger partial charge in [0.25, 0.3) is 0 Å². The summed E-state index contributed by atoms with van der Waals surface area (Å²) >= 11 is 0. The van der Waals surface area contributed by atoms with Crippen LogP contribution < -0.4 is 14.8 Å². The van der Waals surface area contributed by atoms with E-state index in [1.807, 2.05) is 12.1 Å². The number of amides is 1. The smallest absolute Gasteiger partial charge is 0.224 e. The van der Waals surface area contributed by atoms with Crippen molar-refractivity contribution >= 4 is 5.91 Å². The molecule has 25 heavy (non-hydrogen) atoms. The van der Waals surface area contributed by atoms with E-state index in [-0.39, 0.29) is 17.7 Å². The lowest BCUT2D eigenvalue weighted by molar-refractivity contribution is -0.120. The van der Waals surface area contributed by atoms with Gasteiger partial charge < -0.3 is 14.8 Å². The summed E-state index contributed by atoms with van der Waals surface area (Å²) in [4.78, 5) is 12.2. The van der Waals surface area contributed by atoms with Crippen molar-refractivity contribution in [3.05, 3.63) is 59.2 Å². The van der Waals surface area contributed by atoms with E-state index in [2.05, 4.69) is 50.4 Å². The molecule has 0 unspecified atom stereocenters. The maximum Gasteiger partial charge on any atom is 0.224 e. The number of rotatable bonds is 6. The molecule has 0 aliphatic rings. The largest absolute Gasteiger partial charge is 0.497 e. The van der Waals surface area contributed by atoms with Gasteiger partial charge in [-0.1, -0.05) is 45.0 Å². The Hall–Kier alpha value is -2.49. The molecule has 0 atom stereocenters. The van der Waals surface area contributed by atoms with Gasteiger partial charge in [-0.3, -0.25) is 4.79 Å². The molecule has 0 aliphatic carbocycles. The zero-order valence-corrected chi connectivity index (χ0v) is 15.7. The van der Waals surface area contributed by atoms with Crippen LogP contribution in [0.1, 0.15) is 37.5 Å². The maximum absolute atomic E-state index is 12.2. The summed E-state index contributed by atoms with van der Waals surface area (Å²) in [6.45, 7) is 7.08. The number of hydrogen-bond donors (Lipinski definition) is 1. The normalized spacial score (nSPS) is 11.1. The highest BCUT2D eigenvalue weighted by Gasteiger charge is 2.13. The van der Waals surface area contributed by atoms with Crippen molar-refractivity contribution in [1.29, 1.82) is 0 Å². The van der Waals surface area contributed by atoms with Crippen LogP contribution in [0.4, 0.5) is 0 Å². The molecular formula is C21H27NO3. The SMILES string of the molecule is COc1cc(CC(=O)NCc2ccc(C(C)(C)C)cc2)cc(OC)c1. The summed E-state index contributed by atoms with van der Waals surface area (Å²) < 4.78 is 10.5. The average molecular weight is 341 g/mol. The molecule has 2 rings (SSSR count). The highest BCUT2D eigenvalue weighted by molar-refractivity contribution is 5.78. The van der Waals surface area contributed by atoms with Crippen molar-refractivity contribution < 1.29 is 14.3 Å². The van der Waals surface area contributed by atoms with Crippen LogP contribution in [-0.2, 0) is 23.2 Å². The Morgan fingerprint density at radius 3 is 1.96 bits per heavy atom. The van der Waals surface area contributed by atoms with Crippen LogP contribution in [0.5, 0.6) is 11.5 Å². The fourth-order valence-corrected chi connectivity index (χ4v) is 2.54. The molecule has 2 aromatic carbocycles. The second-order valence-corrected chi connectivity index (χ2v) is 7.12. The van der Waals surface area contributed by atoms with E-state index >= 15 is 0 Å². The van der Waals surface area contributed by atoms with Crippen molar-refractivity contribution in [1.82, 2.24) is 5.32 Å². The third-order valence-electron chi connectivity index (χ3n) is 4.09. The monoisotopic (exact) mass is 341 g/mol. The van der Waals surface area contributed by atoms with Gasteiger partial charge in [0.2, 0.25) is 5.91 Å². The lowest BCUT2D eigenvalue weighted by Crippen LogP contribution is -2.24. The Morgan fingerprint density at radius 1 is 0.920 bits per heavy atom. The number of carbonyl (C=O) groups is 1. The van der Waals surface area contributed by atoms with Crippen LogP contribution in [-0.4, -0.2) is 20.1 Å². The van der Waals surface area contributed by atoms with E-state index in [1.54, 1.807) is 20.3 Å². The van der Waals surface area contributed by atoms with Crippen molar-refractivity contribution in [3.8, 4) is 11.5 Å². The highest BCUT2D eigenvalue weighted by atomic mass is 16.5. The third kappa shape index (κ3) is 5.52. The van der Waals surface area contributed by atoms with Crippen molar-refractivity contribution in [2.45, 2.75) is 39.2 Å². The fraction of sp³-hybridized carbons (Fsp3) is 0.381. The first kappa shape index (κ1) is 18.8. The first-order valence-corrected chi connectivity index (χ1v) is 8.40. The van der Waals surface area contributed by atoms with Gasteiger partial charge >= 0.3 is 0 Å². The first-order valence-electron chi connectivity index (χ1n) is 8.40. The second kappa shape index (κ2) is 8.06. The molecule has 0 saturated heterocycles. The number of benzene rings is 2. The van der Waals surface area contributed by atoms with Gasteiger partial charge in [-0.2, -0.15) is 0 Å². The molecule has 0 bridgehead atoms. The molecule has 0 aromatic heterocycles. The van der Waals surface area contributed by atoms with Crippen LogP contribution in [0.3, 0.4) is 0 Å². The number of nitrogens with one attached hydrogen (secondary N) is 1. The van der Waals surface area contributed by atoms with E-state index in [1.165, 1.54) is 5.56 Å². The molecule has 0 aliphatic heterocycles. The molecule has 134 valence electrons. The van der Waals surface area contributed by atoms with E-state index < -0.39 is 0 Å². The predicted molar refractivity (Wildman–Crippen MR) is 100 cm³/mol. The summed E-state index contributed by atoms with van der Waals surface area (Å²) in [7, 11) is 3.19. The summed E-state index contributed by atoms with van der Waals surface area (Å²) in [6, 6.07) is 13.9. The molecular weight excluding hydrogens is 314 g/mol. The summed E-state index contributed by atoms with van der Waals surface area (Å²) in [5.41, 5.74) is 3.36. The Morgan fingerprint density at radius 2 is 1.48 bits per heavy atom. The fourth-order valence-electron chi connectivity index (χ4n) is 2.54. The van der Waals surface area contributed by atoms with E-state index in [4.69, 9.17) is 9.47 Å². The molecule has 0 radical (unpaired) electrons. The minimum absolute atomic E-state index is 0.0322. The number of ether oxygens (including phenoxy) is 2. The second-order valence-electron chi connectivity index (χ2n) is 7.12. The van der Waals surface area contributed by atoms with Gasteiger partial charge in [0.1, 0.15) is 11.5 Å². The minimum atomic E-state index is -0.0322. The van der Waals surface area contributed by atoms with Crippen LogP contribution in [0.2, 0.25) is 0 Å². The van der Waals surface area contributed by atoms with Crippen molar-refractivity contribution in [2.24, 2.45) is 0 Å². The van der Waals surface area contributed by atoms with Crippen LogP contribution in [0.15, 0.2) is 42.5 Å². The lowest BCUT2D eigenvalue weighted by Gasteiger charge is -2.19. The lowest BCUT2D eigenvalue weighted by atomic mass is 9.87. The first-order chi connectivity index (χ1) is 11.8. The minimum Gasteiger partial charge on any atom is -0.497 e. The van der Waals surface area contributed by atoms with Gasteiger partial charge in [-0.15, -0.1) is 0 Å². The molecule has 0 fully saturated rings. The molecule has 0 spiro atoms. The number of methoxy groups -OCH3 is 2. The van der Waals surface area contributed by atoms with Crippen LogP contribution >= 0.6 is 0 Å². The summed E-state index contributed by atoms with van der Waals surface area (Å²) in [5, 5.41) is 2.96. The van der Waals surface area contributed by atoms with Gasteiger partial charge in [-0.25, -0.2) is 0 Å². The van der Waals surface area contributed by atoms with Gasteiger partial charge in [0.15, 0.2) is 0 Å².